The molecule has 2 aliphatic rings. The van der Waals surface area contributed by atoms with Crippen LogP contribution in [0, 0.1) is 5.92 Å². The van der Waals surface area contributed by atoms with Crippen LogP contribution in [0.4, 0.5) is 0 Å². The number of hydrogen-bond acceptors (Lipinski definition) is 3. The number of allylic oxidation sites excluding steroid dienone is 3. The fraction of sp³-hybridized carbons (Fsp3) is 0.625. The van der Waals surface area contributed by atoms with Gasteiger partial charge in [-0.3, -0.25) is 9.59 Å². The molecule has 1 atom stereocenters. The molecule has 0 aromatic rings. The van der Waals surface area contributed by atoms with E-state index in [0.29, 0.717) is 32.8 Å². The molecule has 0 aromatic carbocycles. The van der Waals surface area contributed by atoms with Crippen molar-refractivity contribution < 1.29 is 14.3 Å². The van der Waals surface area contributed by atoms with Crippen LogP contribution >= 0.6 is 0 Å². The number of morpholine rings is 1. The number of likely N-dealkylation sites (tertiary alicyclic amines) is 1. The summed E-state index contributed by atoms with van der Waals surface area (Å²) in [6.07, 6.45) is 8.79. The van der Waals surface area contributed by atoms with Crippen LogP contribution in [-0.4, -0.2) is 61.0 Å². The molecule has 5 nitrogen and oxygen atoms in total. The fourth-order valence-corrected chi connectivity index (χ4v) is 2.78. The minimum absolute atomic E-state index is 0.00687. The van der Waals surface area contributed by atoms with Crippen molar-refractivity contribution in [3.05, 3.63) is 24.3 Å². The summed E-state index contributed by atoms with van der Waals surface area (Å²) in [7, 11) is 0. The Morgan fingerprint density at radius 3 is 2.57 bits per heavy atom. The van der Waals surface area contributed by atoms with Gasteiger partial charge in [0, 0.05) is 32.3 Å². The summed E-state index contributed by atoms with van der Waals surface area (Å²) in [6.45, 7) is 5.77. The maximum absolute atomic E-state index is 12.5. The predicted molar refractivity (Wildman–Crippen MR) is 80.7 cm³/mol. The van der Waals surface area contributed by atoms with E-state index in [-0.39, 0.29) is 17.7 Å². The van der Waals surface area contributed by atoms with E-state index in [0.717, 1.165) is 19.4 Å². The molecule has 21 heavy (non-hydrogen) atoms. The van der Waals surface area contributed by atoms with Gasteiger partial charge in [-0.2, -0.15) is 0 Å². The van der Waals surface area contributed by atoms with Gasteiger partial charge in [-0.1, -0.05) is 18.2 Å². The summed E-state index contributed by atoms with van der Waals surface area (Å²) in [5, 5.41) is 0. The van der Waals surface area contributed by atoms with Crippen LogP contribution in [0.5, 0.6) is 0 Å². The SMILES string of the molecule is C/C=C/C=C\C(=O)N1CCC[C@@H](C(=O)N2CCOCC2)C1. The maximum Gasteiger partial charge on any atom is 0.246 e. The van der Waals surface area contributed by atoms with Crippen LogP contribution in [0.2, 0.25) is 0 Å². The van der Waals surface area contributed by atoms with Crippen molar-refractivity contribution in [2.24, 2.45) is 5.92 Å². The first kappa shape index (κ1) is 15.8. The highest BCUT2D eigenvalue weighted by atomic mass is 16.5. The number of amides is 2. The van der Waals surface area contributed by atoms with Crippen molar-refractivity contribution in [3.8, 4) is 0 Å². The number of carbonyl (C=O) groups is 2. The lowest BCUT2D eigenvalue weighted by Gasteiger charge is -2.35. The van der Waals surface area contributed by atoms with E-state index in [1.165, 1.54) is 0 Å². The van der Waals surface area contributed by atoms with Crippen LogP contribution in [0.1, 0.15) is 19.8 Å². The molecule has 0 aliphatic carbocycles. The zero-order chi connectivity index (χ0) is 15.1. The Morgan fingerprint density at radius 1 is 1.10 bits per heavy atom. The molecule has 0 spiro atoms. The highest BCUT2D eigenvalue weighted by molar-refractivity contribution is 5.88. The molecular weight excluding hydrogens is 268 g/mol. The average molecular weight is 292 g/mol. The standard InChI is InChI=1S/C16H24N2O3/c1-2-3-4-7-15(19)18-8-5-6-14(13-18)16(20)17-9-11-21-12-10-17/h2-4,7,14H,5-6,8-13H2,1H3/b3-2+,7-4-/t14-/m1/s1. The van der Waals surface area contributed by atoms with Crippen molar-refractivity contribution in [3.63, 3.8) is 0 Å². The minimum atomic E-state index is -0.0593. The second-order valence-electron chi connectivity index (χ2n) is 5.45. The van der Waals surface area contributed by atoms with Crippen molar-refractivity contribution in [2.45, 2.75) is 19.8 Å². The van der Waals surface area contributed by atoms with Crippen LogP contribution in [0.25, 0.3) is 0 Å². The van der Waals surface area contributed by atoms with Crippen molar-refractivity contribution >= 4 is 11.8 Å². The number of nitrogens with zero attached hydrogens (tertiary/aromatic N) is 2. The summed E-state index contributed by atoms with van der Waals surface area (Å²) in [5.41, 5.74) is 0. The lowest BCUT2D eigenvalue weighted by molar-refractivity contribution is -0.143. The number of rotatable bonds is 3. The van der Waals surface area contributed by atoms with Gasteiger partial charge >= 0.3 is 0 Å². The first-order chi connectivity index (χ1) is 10.2. The van der Waals surface area contributed by atoms with Crippen LogP contribution in [0.15, 0.2) is 24.3 Å². The van der Waals surface area contributed by atoms with Gasteiger partial charge in [-0.15, -0.1) is 0 Å². The van der Waals surface area contributed by atoms with E-state index >= 15 is 0 Å². The van der Waals surface area contributed by atoms with Gasteiger partial charge in [0.25, 0.3) is 0 Å². The van der Waals surface area contributed by atoms with Crippen molar-refractivity contribution in [1.29, 1.82) is 0 Å². The molecule has 0 aromatic heterocycles. The number of ether oxygens (including phenoxy) is 1. The summed E-state index contributed by atoms with van der Waals surface area (Å²) in [6, 6.07) is 0. The summed E-state index contributed by atoms with van der Waals surface area (Å²) >= 11 is 0. The lowest BCUT2D eigenvalue weighted by atomic mass is 9.96. The lowest BCUT2D eigenvalue weighted by Crippen LogP contribution is -2.49. The molecule has 2 fully saturated rings. The van der Waals surface area contributed by atoms with Crippen molar-refractivity contribution in [1.82, 2.24) is 9.80 Å². The predicted octanol–water partition coefficient (Wildman–Crippen LogP) is 1.22. The zero-order valence-corrected chi connectivity index (χ0v) is 12.7. The van der Waals surface area contributed by atoms with E-state index in [9.17, 15) is 9.59 Å². The number of piperidine rings is 1. The number of hydrogen-bond donors (Lipinski definition) is 0. The van der Waals surface area contributed by atoms with Gasteiger partial charge in [-0.25, -0.2) is 0 Å². The van der Waals surface area contributed by atoms with Gasteiger partial charge in [0.05, 0.1) is 19.1 Å². The topological polar surface area (TPSA) is 49.9 Å². The molecule has 2 rings (SSSR count). The Hall–Kier alpha value is -1.62. The Balaban J connectivity index is 1.90. The Kier molecular flexibility index (Phi) is 5.99. The smallest absolute Gasteiger partial charge is 0.246 e. The van der Waals surface area contributed by atoms with E-state index in [4.69, 9.17) is 4.74 Å². The normalized spacial score (nSPS) is 24.0. The summed E-state index contributed by atoms with van der Waals surface area (Å²) in [5.74, 6) is 0.108. The van der Waals surface area contributed by atoms with Gasteiger partial charge < -0.3 is 14.5 Å². The zero-order valence-electron chi connectivity index (χ0n) is 12.7. The molecule has 2 heterocycles. The van der Waals surface area contributed by atoms with E-state index < -0.39 is 0 Å². The molecule has 2 saturated heterocycles. The Bertz CT molecular complexity index is 425. The van der Waals surface area contributed by atoms with Gasteiger partial charge in [0.1, 0.15) is 0 Å². The second kappa shape index (κ2) is 7.98. The quantitative estimate of drug-likeness (QED) is 0.580. The molecule has 0 saturated carbocycles. The molecule has 0 bridgehead atoms. The Morgan fingerprint density at radius 2 is 1.86 bits per heavy atom. The third-order valence-electron chi connectivity index (χ3n) is 3.95. The fourth-order valence-electron chi connectivity index (χ4n) is 2.78. The molecule has 5 heteroatoms. The maximum atomic E-state index is 12.5. The summed E-state index contributed by atoms with van der Waals surface area (Å²) in [4.78, 5) is 28.2. The van der Waals surface area contributed by atoms with Gasteiger partial charge in [-0.05, 0) is 19.8 Å². The molecule has 2 aliphatic heterocycles. The molecule has 2 amide bonds. The van der Waals surface area contributed by atoms with Crippen molar-refractivity contribution in [2.75, 3.05) is 39.4 Å². The first-order valence-corrected chi connectivity index (χ1v) is 7.67. The monoisotopic (exact) mass is 292 g/mol. The molecule has 0 unspecified atom stereocenters. The van der Waals surface area contributed by atoms with Gasteiger partial charge in [0.15, 0.2) is 0 Å². The highest BCUT2D eigenvalue weighted by Gasteiger charge is 2.31. The Labute approximate surface area is 126 Å². The van der Waals surface area contributed by atoms with Gasteiger partial charge in [0.2, 0.25) is 11.8 Å². The van der Waals surface area contributed by atoms with E-state index in [1.807, 2.05) is 24.0 Å². The van der Waals surface area contributed by atoms with Crippen LogP contribution in [0.3, 0.4) is 0 Å². The second-order valence-corrected chi connectivity index (χ2v) is 5.45. The first-order valence-electron chi connectivity index (χ1n) is 7.67. The average Bonchev–Trinajstić information content (AvgIpc) is 2.55. The molecule has 116 valence electrons. The molecule has 0 N–H and O–H groups in total. The largest absolute Gasteiger partial charge is 0.378 e. The number of carbonyl (C=O) groups excluding carboxylic acids is 2. The van der Waals surface area contributed by atoms with E-state index in [1.54, 1.807) is 17.1 Å². The highest BCUT2D eigenvalue weighted by Crippen LogP contribution is 2.19. The molecule has 0 radical (unpaired) electrons. The third kappa shape index (κ3) is 4.43. The molecular formula is C16H24N2O3. The minimum Gasteiger partial charge on any atom is -0.378 e. The third-order valence-corrected chi connectivity index (χ3v) is 3.95. The van der Waals surface area contributed by atoms with Crippen LogP contribution < -0.4 is 0 Å². The van der Waals surface area contributed by atoms with E-state index in [2.05, 4.69) is 0 Å². The summed E-state index contributed by atoms with van der Waals surface area (Å²) < 4.78 is 5.28. The van der Waals surface area contributed by atoms with Crippen LogP contribution in [-0.2, 0) is 14.3 Å².